The standard InChI is InChI=1S/C22H20ClN3O5/c1-3-25-11-10-19(24-25)20(27)7-4-15-5-8-21(30-2)16(12-15)14-31-22-9-6-17(26(28)29)13-18(22)23/h4-13H,3,14H2,1-2H3/b7-4+. The smallest absolute Gasteiger partial charge is 0.271 e. The van der Waals surface area contributed by atoms with E-state index in [1.807, 2.05) is 19.1 Å². The Morgan fingerprint density at radius 1 is 1.23 bits per heavy atom. The number of nitro groups is 1. The molecule has 0 amide bonds. The molecule has 160 valence electrons. The summed E-state index contributed by atoms with van der Waals surface area (Å²) >= 11 is 6.08. The summed E-state index contributed by atoms with van der Waals surface area (Å²) in [5, 5.41) is 15.2. The molecule has 9 heteroatoms. The Morgan fingerprint density at radius 2 is 2.00 bits per heavy atom. The van der Waals surface area contributed by atoms with Gasteiger partial charge in [-0.05, 0) is 42.8 Å². The van der Waals surface area contributed by atoms with Crippen LogP contribution in [-0.2, 0) is 13.2 Å². The van der Waals surface area contributed by atoms with Crippen LogP contribution < -0.4 is 9.47 Å². The Balaban J connectivity index is 1.74. The highest BCUT2D eigenvalue weighted by atomic mass is 35.5. The lowest BCUT2D eigenvalue weighted by Gasteiger charge is -2.12. The van der Waals surface area contributed by atoms with Crippen LogP contribution in [0, 0.1) is 10.1 Å². The minimum atomic E-state index is -0.525. The van der Waals surface area contributed by atoms with E-state index in [4.69, 9.17) is 21.1 Å². The number of nitrogens with zero attached hydrogens (tertiary/aromatic N) is 3. The Kier molecular flexibility index (Phi) is 7.04. The molecule has 0 aliphatic carbocycles. The molecular formula is C22H20ClN3O5. The number of hydrogen-bond acceptors (Lipinski definition) is 6. The Labute approximate surface area is 183 Å². The highest BCUT2D eigenvalue weighted by Crippen LogP contribution is 2.30. The predicted octanol–water partition coefficient (Wildman–Crippen LogP) is 4.95. The first-order valence-electron chi connectivity index (χ1n) is 9.40. The molecule has 0 spiro atoms. The number of benzene rings is 2. The van der Waals surface area contributed by atoms with Gasteiger partial charge in [0, 0.05) is 30.4 Å². The summed E-state index contributed by atoms with van der Waals surface area (Å²) in [7, 11) is 1.54. The summed E-state index contributed by atoms with van der Waals surface area (Å²) in [5.41, 5.74) is 1.76. The number of aromatic nitrogens is 2. The molecule has 2 aromatic carbocycles. The van der Waals surface area contributed by atoms with E-state index >= 15 is 0 Å². The summed E-state index contributed by atoms with van der Waals surface area (Å²) in [5.74, 6) is 0.721. The van der Waals surface area contributed by atoms with E-state index < -0.39 is 4.92 Å². The number of methoxy groups -OCH3 is 1. The summed E-state index contributed by atoms with van der Waals surface area (Å²) in [6, 6.07) is 11.1. The second-order valence-corrected chi connectivity index (χ2v) is 6.89. The molecule has 0 atom stereocenters. The molecule has 31 heavy (non-hydrogen) atoms. The number of halogens is 1. The van der Waals surface area contributed by atoms with Crippen molar-refractivity contribution in [3.8, 4) is 11.5 Å². The van der Waals surface area contributed by atoms with Crippen LogP contribution in [0.25, 0.3) is 6.08 Å². The number of nitro benzene ring substituents is 1. The maximum atomic E-state index is 12.3. The van der Waals surface area contributed by atoms with Crippen LogP contribution in [0.2, 0.25) is 5.02 Å². The van der Waals surface area contributed by atoms with Gasteiger partial charge < -0.3 is 9.47 Å². The number of aryl methyl sites for hydroxylation is 1. The molecule has 8 nitrogen and oxygen atoms in total. The fraction of sp³-hybridized carbons (Fsp3) is 0.182. The summed E-state index contributed by atoms with van der Waals surface area (Å²) in [6.07, 6.45) is 4.91. The summed E-state index contributed by atoms with van der Waals surface area (Å²) < 4.78 is 12.8. The number of carbonyl (C=O) groups is 1. The molecule has 3 rings (SSSR count). The van der Waals surface area contributed by atoms with Crippen LogP contribution in [-0.4, -0.2) is 27.6 Å². The number of rotatable bonds is 9. The SMILES string of the molecule is CCn1ccc(C(=O)/C=C/c2ccc(OC)c(COc3ccc([N+](=O)[O-])cc3Cl)c2)n1. The van der Waals surface area contributed by atoms with Gasteiger partial charge in [0.2, 0.25) is 5.78 Å². The van der Waals surface area contributed by atoms with E-state index in [0.717, 1.165) is 11.1 Å². The lowest BCUT2D eigenvalue weighted by atomic mass is 10.1. The normalized spacial score (nSPS) is 10.9. The molecule has 3 aromatic rings. The molecule has 1 heterocycles. The molecular weight excluding hydrogens is 422 g/mol. The molecule has 0 aliphatic heterocycles. The molecule has 0 saturated carbocycles. The maximum absolute atomic E-state index is 12.3. The molecule has 0 radical (unpaired) electrons. The first-order valence-corrected chi connectivity index (χ1v) is 9.78. The fourth-order valence-electron chi connectivity index (χ4n) is 2.82. The average Bonchev–Trinajstić information content (AvgIpc) is 3.26. The molecule has 0 aliphatic rings. The monoisotopic (exact) mass is 441 g/mol. The first-order chi connectivity index (χ1) is 14.9. The van der Waals surface area contributed by atoms with Crippen molar-refractivity contribution in [2.24, 2.45) is 0 Å². The van der Waals surface area contributed by atoms with Crippen molar-refractivity contribution in [3.05, 3.63) is 86.7 Å². The Bertz CT molecular complexity index is 1140. The quantitative estimate of drug-likeness (QED) is 0.202. The van der Waals surface area contributed by atoms with Crippen molar-refractivity contribution in [1.82, 2.24) is 9.78 Å². The zero-order chi connectivity index (χ0) is 22.4. The minimum Gasteiger partial charge on any atom is -0.496 e. The number of allylic oxidation sites excluding steroid dienone is 1. The van der Waals surface area contributed by atoms with Crippen LogP contribution >= 0.6 is 11.6 Å². The molecule has 0 unspecified atom stereocenters. The molecule has 1 aromatic heterocycles. The number of carbonyl (C=O) groups excluding carboxylic acids is 1. The molecule has 0 bridgehead atoms. The predicted molar refractivity (Wildman–Crippen MR) is 117 cm³/mol. The van der Waals surface area contributed by atoms with Crippen molar-refractivity contribution in [1.29, 1.82) is 0 Å². The van der Waals surface area contributed by atoms with Crippen molar-refractivity contribution in [2.45, 2.75) is 20.1 Å². The zero-order valence-electron chi connectivity index (χ0n) is 16.9. The highest BCUT2D eigenvalue weighted by molar-refractivity contribution is 6.32. The van der Waals surface area contributed by atoms with Crippen LogP contribution in [0.3, 0.4) is 0 Å². The van der Waals surface area contributed by atoms with E-state index in [-0.39, 0.29) is 23.1 Å². The number of non-ortho nitro benzene ring substituents is 1. The van der Waals surface area contributed by atoms with Crippen molar-refractivity contribution >= 4 is 29.1 Å². The van der Waals surface area contributed by atoms with Crippen LogP contribution in [0.15, 0.2) is 54.7 Å². The Morgan fingerprint density at radius 3 is 2.65 bits per heavy atom. The second-order valence-electron chi connectivity index (χ2n) is 6.49. The average molecular weight is 442 g/mol. The highest BCUT2D eigenvalue weighted by Gasteiger charge is 2.12. The van der Waals surface area contributed by atoms with Gasteiger partial charge in [-0.15, -0.1) is 0 Å². The zero-order valence-corrected chi connectivity index (χ0v) is 17.7. The van der Waals surface area contributed by atoms with Gasteiger partial charge in [0.15, 0.2) is 0 Å². The van der Waals surface area contributed by atoms with Crippen molar-refractivity contribution < 1.29 is 19.2 Å². The van der Waals surface area contributed by atoms with E-state index in [2.05, 4.69) is 5.10 Å². The second kappa shape index (κ2) is 9.90. The van der Waals surface area contributed by atoms with Gasteiger partial charge in [-0.25, -0.2) is 0 Å². The van der Waals surface area contributed by atoms with Gasteiger partial charge in [0.05, 0.1) is 17.1 Å². The molecule has 0 saturated heterocycles. The molecule has 0 N–H and O–H groups in total. The van der Waals surface area contributed by atoms with Crippen LogP contribution in [0.1, 0.15) is 28.5 Å². The van der Waals surface area contributed by atoms with Crippen molar-refractivity contribution in [2.75, 3.05) is 7.11 Å². The van der Waals surface area contributed by atoms with Gasteiger partial charge in [0.1, 0.15) is 23.8 Å². The number of hydrogen-bond donors (Lipinski definition) is 0. The van der Waals surface area contributed by atoms with Crippen LogP contribution in [0.4, 0.5) is 5.69 Å². The number of ketones is 1. The lowest BCUT2D eigenvalue weighted by molar-refractivity contribution is -0.384. The van der Waals surface area contributed by atoms with Crippen LogP contribution in [0.5, 0.6) is 11.5 Å². The van der Waals surface area contributed by atoms with E-state index in [0.29, 0.717) is 23.7 Å². The third-order valence-electron chi connectivity index (χ3n) is 4.46. The topological polar surface area (TPSA) is 96.5 Å². The maximum Gasteiger partial charge on any atom is 0.271 e. The van der Waals surface area contributed by atoms with Gasteiger partial charge in [-0.3, -0.25) is 19.6 Å². The summed E-state index contributed by atoms with van der Waals surface area (Å²) in [4.78, 5) is 22.6. The Hall–Kier alpha value is -3.65. The first kappa shape index (κ1) is 22.0. The van der Waals surface area contributed by atoms with E-state index in [1.54, 1.807) is 36.2 Å². The van der Waals surface area contributed by atoms with E-state index in [1.165, 1.54) is 24.3 Å². The molecule has 0 fully saturated rings. The largest absolute Gasteiger partial charge is 0.496 e. The number of ether oxygens (including phenoxy) is 2. The minimum absolute atomic E-state index is 0.115. The fourth-order valence-corrected chi connectivity index (χ4v) is 3.05. The van der Waals surface area contributed by atoms with Gasteiger partial charge >= 0.3 is 0 Å². The van der Waals surface area contributed by atoms with E-state index in [9.17, 15) is 14.9 Å². The lowest BCUT2D eigenvalue weighted by Crippen LogP contribution is -2.01. The third-order valence-corrected chi connectivity index (χ3v) is 4.75. The third kappa shape index (κ3) is 5.49. The van der Waals surface area contributed by atoms with Gasteiger partial charge in [-0.1, -0.05) is 23.7 Å². The van der Waals surface area contributed by atoms with Gasteiger partial charge in [-0.2, -0.15) is 5.10 Å². The van der Waals surface area contributed by atoms with Crippen molar-refractivity contribution in [3.63, 3.8) is 0 Å². The summed E-state index contributed by atoms with van der Waals surface area (Å²) in [6.45, 7) is 2.76. The van der Waals surface area contributed by atoms with Gasteiger partial charge in [0.25, 0.3) is 5.69 Å².